The summed E-state index contributed by atoms with van der Waals surface area (Å²) >= 11 is 0. The van der Waals surface area contributed by atoms with E-state index in [4.69, 9.17) is 9.47 Å². The molecule has 2 aliphatic rings. The summed E-state index contributed by atoms with van der Waals surface area (Å²) < 4.78 is 12.0. The van der Waals surface area contributed by atoms with Crippen molar-refractivity contribution < 1.29 is 38.6 Å². The number of amides is 4. The maximum absolute atomic E-state index is 14.4. The van der Waals surface area contributed by atoms with E-state index in [9.17, 15) is 29.1 Å². The van der Waals surface area contributed by atoms with Crippen LogP contribution in [0, 0.1) is 29.6 Å². The van der Waals surface area contributed by atoms with Gasteiger partial charge >= 0.3 is 5.97 Å². The van der Waals surface area contributed by atoms with E-state index in [-0.39, 0.29) is 54.4 Å². The highest BCUT2D eigenvalue weighted by atomic mass is 16.5. The third kappa shape index (κ3) is 10.8. The van der Waals surface area contributed by atoms with Gasteiger partial charge in [0.25, 0.3) is 0 Å². The molecular formula is C40H65N5O8. The van der Waals surface area contributed by atoms with Crippen LogP contribution in [0.3, 0.4) is 0 Å². The molecule has 1 aromatic carbocycles. The number of carbonyl (C=O) groups is 5. The number of aliphatic carboxylic acids is 1. The molecule has 298 valence electrons. The third-order valence-corrected chi connectivity index (χ3v) is 11.5. The number of carbonyl (C=O) groups excluding carboxylic acids is 4. The lowest BCUT2D eigenvalue weighted by atomic mass is 9.89. The molecular weight excluding hydrogens is 678 g/mol. The van der Waals surface area contributed by atoms with Crippen LogP contribution in [0.25, 0.3) is 0 Å². The van der Waals surface area contributed by atoms with Gasteiger partial charge < -0.3 is 40.3 Å². The Morgan fingerprint density at radius 3 is 2.04 bits per heavy atom. The predicted octanol–water partition coefficient (Wildman–Crippen LogP) is 3.10. The highest BCUT2D eigenvalue weighted by Gasteiger charge is 2.57. The summed E-state index contributed by atoms with van der Waals surface area (Å²) in [5.41, 5.74) is 0.789. The van der Waals surface area contributed by atoms with Crippen LogP contribution < -0.4 is 16.0 Å². The number of methoxy groups -OCH3 is 2. The molecule has 1 aliphatic heterocycles. The number of hydrogen-bond acceptors (Lipinski definition) is 8. The molecule has 4 N–H and O–H groups in total. The van der Waals surface area contributed by atoms with Gasteiger partial charge in [-0.05, 0) is 49.1 Å². The number of piperidine rings is 1. The molecule has 0 radical (unpaired) electrons. The minimum Gasteiger partial charge on any atom is -0.480 e. The lowest BCUT2D eigenvalue weighted by Gasteiger charge is -2.41. The van der Waals surface area contributed by atoms with Crippen molar-refractivity contribution in [3.63, 3.8) is 0 Å². The molecule has 1 aromatic rings. The van der Waals surface area contributed by atoms with Crippen LogP contribution >= 0.6 is 0 Å². The molecule has 0 bridgehead atoms. The van der Waals surface area contributed by atoms with Crippen LogP contribution in [-0.4, -0.2) is 121 Å². The van der Waals surface area contributed by atoms with Crippen LogP contribution in [0.2, 0.25) is 0 Å². The highest BCUT2D eigenvalue weighted by molar-refractivity contribution is 5.90. The molecule has 1 saturated carbocycles. The summed E-state index contributed by atoms with van der Waals surface area (Å²) in [6.45, 7) is 13.4. The number of hydrogen-bond donors (Lipinski definition) is 4. The van der Waals surface area contributed by atoms with Crippen molar-refractivity contribution in [2.24, 2.45) is 29.6 Å². The van der Waals surface area contributed by atoms with Crippen LogP contribution in [0.1, 0.15) is 79.7 Å². The fraction of sp³-hybridized carbons (Fsp3) is 0.725. The maximum atomic E-state index is 14.4. The first-order valence-electron chi connectivity index (χ1n) is 19.2. The molecule has 53 heavy (non-hydrogen) atoms. The van der Waals surface area contributed by atoms with Gasteiger partial charge in [-0.1, -0.05) is 85.2 Å². The van der Waals surface area contributed by atoms with Crippen LogP contribution in [0.4, 0.5) is 0 Å². The molecule has 13 nitrogen and oxygen atoms in total. The van der Waals surface area contributed by atoms with E-state index in [0.29, 0.717) is 12.3 Å². The summed E-state index contributed by atoms with van der Waals surface area (Å²) in [6, 6.07) is 5.92. The Bertz CT molecular complexity index is 1390. The van der Waals surface area contributed by atoms with Crippen molar-refractivity contribution in [2.45, 2.75) is 129 Å². The van der Waals surface area contributed by atoms with Crippen molar-refractivity contribution in [3.05, 3.63) is 35.9 Å². The van der Waals surface area contributed by atoms with Gasteiger partial charge in [0.2, 0.25) is 23.6 Å². The molecule has 4 amide bonds. The van der Waals surface area contributed by atoms with Crippen LogP contribution in [-0.2, 0) is 39.9 Å². The molecule has 0 aromatic heterocycles. The fourth-order valence-electron chi connectivity index (χ4n) is 8.10. The molecule has 13 heteroatoms. The molecule has 1 aliphatic carbocycles. The number of likely N-dealkylation sites (N-methyl/N-ethyl adjacent to an activating group) is 2. The third-order valence-electron chi connectivity index (χ3n) is 11.5. The Balaban J connectivity index is 1.80. The van der Waals surface area contributed by atoms with Gasteiger partial charge in [-0.15, -0.1) is 0 Å². The zero-order valence-electron chi connectivity index (χ0n) is 33.6. The Kier molecular flexibility index (Phi) is 16.3. The second-order valence-corrected chi connectivity index (χ2v) is 15.8. The number of rotatable bonds is 21. The molecule has 2 fully saturated rings. The van der Waals surface area contributed by atoms with E-state index < -0.39 is 60.2 Å². The maximum Gasteiger partial charge on any atom is 0.326 e. The van der Waals surface area contributed by atoms with Gasteiger partial charge in [0.05, 0.1) is 42.7 Å². The normalized spacial score (nSPS) is 22.5. The summed E-state index contributed by atoms with van der Waals surface area (Å²) in [5, 5.41) is 18.6. The van der Waals surface area contributed by atoms with Crippen LogP contribution in [0.15, 0.2) is 30.3 Å². The Morgan fingerprint density at radius 2 is 1.53 bits per heavy atom. The number of carboxylic acids is 1. The minimum atomic E-state index is -1.13. The minimum absolute atomic E-state index is 0.00586. The SMILES string of the molecule is CC[C@H](C)[C@@H]([C@@H](CC(=O)N1[C@H]2C[C@H]2C[C@H]1[C@H](OC)[C@@H](C)C(=O)NC(Cc1ccccc1)C(=O)O)OC)N(C)C(=O)C(NC(=O)C(NC)C(C)C)C(C)C. The smallest absolute Gasteiger partial charge is 0.326 e. The van der Waals surface area contributed by atoms with Gasteiger partial charge in [-0.3, -0.25) is 19.2 Å². The number of nitrogens with one attached hydrogen (secondary N) is 3. The average molecular weight is 744 g/mol. The quantitative estimate of drug-likeness (QED) is 0.148. The predicted molar refractivity (Wildman–Crippen MR) is 203 cm³/mol. The zero-order chi connectivity index (χ0) is 39.7. The Labute approximate surface area is 316 Å². The molecule has 3 rings (SSSR count). The second-order valence-electron chi connectivity index (χ2n) is 15.8. The van der Waals surface area contributed by atoms with Crippen molar-refractivity contribution >= 4 is 29.6 Å². The molecule has 11 atom stereocenters. The second kappa shape index (κ2) is 19.7. The average Bonchev–Trinajstić information content (AvgIpc) is 3.78. The monoisotopic (exact) mass is 743 g/mol. The number of nitrogens with zero attached hydrogens (tertiary/aromatic N) is 2. The van der Waals surface area contributed by atoms with Gasteiger partial charge in [0, 0.05) is 33.7 Å². The Morgan fingerprint density at radius 1 is 0.906 bits per heavy atom. The molecule has 3 unspecified atom stereocenters. The van der Waals surface area contributed by atoms with Crippen LogP contribution in [0.5, 0.6) is 0 Å². The number of benzene rings is 1. The van der Waals surface area contributed by atoms with Crippen molar-refractivity contribution in [1.29, 1.82) is 0 Å². The van der Waals surface area contributed by atoms with Crippen molar-refractivity contribution in [1.82, 2.24) is 25.8 Å². The lowest BCUT2D eigenvalue weighted by Crippen LogP contribution is -2.59. The molecule has 0 spiro atoms. The first-order valence-corrected chi connectivity index (χ1v) is 19.2. The first-order chi connectivity index (χ1) is 25.0. The number of carboxylic acid groups (broad SMARTS) is 1. The number of fused-ring (bicyclic) bond motifs is 1. The van der Waals surface area contributed by atoms with E-state index in [1.807, 2.05) is 76.8 Å². The standard InChI is InChI=1S/C40H65N5O8/c1-12-24(6)35(44(9)39(49)34(23(4)5)43-38(48)33(41-8)22(2)3)31(52-10)21-32(46)45-29-19-27(29)20-30(45)36(53-11)25(7)37(47)42-28(40(50)51)18-26-16-14-13-15-17-26/h13-17,22-25,27-31,33-36,41H,12,18-21H2,1-11H3,(H,42,47)(H,43,48)(H,50,51)/t24-,25+,27-,28?,29-,30-,31+,33?,34?,35-,36+/m0/s1. The summed E-state index contributed by atoms with van der Waals surface area (Å²) in [5.74, 6) is -2.89. The summed E-state index contributed by atoms with van der Waals surface area (Å²) in [4.78, 5) is 70.9. The Hall–Kier alpha value is -3.55. The largest absolute Gasteiger partial charge is 0.480 e. The first kappa shape index (κ1) is 43.9. The van der Waals surface area contributed by atoms with E-state index >= 15 is 0 Å². The van der Waals surface area contributed by atoms with E-state index in [1.54, 1.807) is 33.0 Å². The molecule has 1 heterocycles. The van der Waals surface area contributed by atoms with Gasteiger partial charge in [-0.2, -0.15) is 0 Å². The van der Waals surface area contributed by atoms with E-state index in [1.165, 1.54) is 7.11 Å². The lowest BCUT2D eigenvalue weighted by molar-refractivity contribution is -0.149. The zero-order valence-corrected chi connectivity index (χ0v) is 33.6. The van der Waals surface area contributed by atoms with Gasteiger partial charge in [-0.25, -0.2) is 4.79 Å². The van der Waals surface area contributed by atoms with Crippen molar-refractivity contribution in [3.8, 4) is 0 Å². The summed E-state index contributed by atoms with van der Waals surface area (Å²) in [6.07, 6.45) is 1.08. The van der Waals surface area contributed by atoms with Gasteiger partial charge in [0.15, 0.2) is 0 Å². The van der Waals surface area contributed by atoms with Crippen molar-refractivity contribution in [2.75, 3.05) is 28.3 Å². The number of ether oxygens (including phenoxy) is 2. The van der Waals surface area contributed by atoms with Gasteiger partial charge in [0.1, 0.15) is 12.1 Å². The van der Waals surface area contributed by atoms with E-state index in [2.05, 4.69) is 16.0 Å². The summed E-state index contributed by atoms with van der Waals surface area (Å²) in [7, 11) is 6.51. The molecule has 1 saturated heterocycles. The number of likely N-dealkylation sites (tertiary alicyclic amines) is 1. The highest BCUT2D eigenvalue weighted by Crippen LogP contribution is 2.50. The topological polar surface area (TPSA) is 167 Å². The van der Waals surface area contributed by atoms with E-state index in [0.717, 1.165) is 18.4 Å². The fourth-order valence-corrected chi connectivity index (χ4v) is 8.10.